The number of ether oxygens (including phenoxy) is 1. The van der Waals surface area contributed by atoms with Crippen LogP contribution < -0.4 is 5.32 Å². The number of nitrogens with zero attached hydrogens (tertiary/aromatic N) is 2. The molecule has 0 spiro atoms. The number of aromatic nitrogens is 1. The third kappa shape index (κ3) is 4.82. The van der Waals surface area contributed by atoms with Crippen LogP contribution in [-0.2, 0) is 16.6 Å². The van der Waals surface area contributed by atoms with Crippen LogP contribution in [0.5, 0.6) is 0 Å². The highest BCUT2D eigenvalue weighted by molar-refractivity contribution is 5.94. The molecule has 150 valence electrons. The minimum absolute atomic E-state index is 0.0720. The summed E-state index contributed by atoms with van der Waals surface area (Å²) in [6, 6.07) is 1.70. The molecule has 3 heterocycles. The lowest BCUT2D eigenvalue weighted by molar-refractivity contribution is -0.188. The highest BCUT2D eigenvalue weighted by atomic mass is 19.4. The molecule has 0 saturated carbocycles. The molecule has 1 N–H and O–H groups in total. The van der Waals surface area contributed by atoms with E-state index in [0.717, 1.165) is 0 Å². The van der Waals surface area contributed by atoms with E-state index in [1.165, 1.54) is 4.90 Å². The summed E-state index contributed by atoms with van der Waals surface area (Å²) in [6.07, 6.45) is -0.276. The molecule has 27 heavy (non-hydrogen) atoms. The fourth-order valence-electron chi connectivity index (χ4n) is 3.67. The van der Waals surface area contributed by atoms with E-state index in [1.54, 1.807) is 23.0 Å². The fourth-order valence-corrected chi connectivity index (χ4v) is 3.67. The van der Waals surface area contributed by atoms with E-state index in [1.807, 2.05) is 7.05 Å². The maximum atomic E-state index is 12.9. The van der Waals surface area contributed by atoms with Crippen molar-refractivity contribution in [3.05, 3.63) is 24.0 Å². The normalized spacial score (nSPS) is 26.2. The van der Waals surface area contributed by atoms with Crippen LogP contribution in [0.3, 0.4) is 0 Å². The molecule has 3 rings (SSSR count). The van der Waals surface area contributed by atoms with Crippen molar-refractivity contribution in [3.63, 3.8) is 0 Å². The Morgan fingerprint density at radius 2 is 2.15 bits per heavy atom. The summed E-state index contributed by atoms with van der Waals surface area (Å²) in [7, 11) is 1.82. The van der Waals surface area contributed by atoms with Crippen molar-refractivity contribution >= 4 is 11.8 Å². The van der Waals surface area contributed by atoms with Crippen LogP contribution in [0.4, 0.5) is 13.2 Å². The predicted octanol–water partition coefficient (Wildman–Crippen LogP) is 1.96. The topological polar surface area (TPSA) is 63.6 Å². The second-order valence-electron chi connectivity index (χ2n) is 7.33. The Bertz CT molecular complexity index is 689. The Morgan fingerprint density at radius 3 is 2.81 bits per heavy atom. The number of hydrogen-bond acceptors (Lipinski definition) is 3. The van der Waals surface area contributed by atoms with Gasteiger partial charge in [-0.2, -0.15) is 13.2 Å². The van der Waals surface area contributed by atoms with Crippen molar-refractivity contribution in [2.75, 3.05) is 26.2 Å². The van der Waals surface area contributed by atoms with Gasteiger partial charge in [0, 0.05) is 39.1 Å². The molecule has 0 bridgehead atoms. The average Bonchev–Trinajstić information content (AvgIpc) is 3.27. The summed E-state index contributed by atoms with van der Waals surface area (Å²) < 4.78 is 46.1. The summed E-state index contributed by atoms with van der Waals surface area (Å²) in [5.74, 6) is -2.40. The number of amides is 2. The second kappa shape index (κ2) is 7.92. The van der Waals surface area contributed by atoms with Gasteiger partial charge in [-0.25, -0.2) is 0 Å². The lowest BCUT2D eigenvalue weighted by Crippen LogP contribution is -2.47. The number of carbonyl (C=O) groups excluding carboxylic acids is 2. The number of likely N-dealkylation sites (tertiary alicyclic amines) is 1. The first-order chi connectivity index (χ1) is 12.7. The van der Waals surface area contributed by atoms with Crippen LogP contribution >= 0.6 is 0 Å². The number of carbonyl (C=O) groups is 2. The van der Waals surface area contributed by atoms with Crippen molar-refractivity contribution in [1.29, 1.82) is 0 Å². The maximum absolute atomic E-state index is 12.9. The SMILES string of the molecule is Cn1ccc(C(=O)NC[C@@H]2C[C@H](C(=O)N3CCCC(C(F)(F)F)C3)CO2)c1. The van der Waals surface area contributed by atoms with Crippen LogP contribution in [0.1, 0.15) is 29.6 Å². The second-order valence-corrected chi connectivity index (χ2v) is 7.33. The van der Waals surface area contributed by atoms with Gasteiger partial charge in [0.2, 0.25) is 5.91 Å². The van der Waals surface area contributed by atoms with Crippen LogP contribution in [-0.4, -0.2) is 59.8 Å². The van der Waals surface area contributed by atoms with E-state index in [2.05, 4.69) is 5.32 Å². The molecule has 2 aliphatic heterocycles. The van der Waals surface area contributed by atoms with Crippen LogP contribution in [0.15, 0.2) is 18.5 Å². The Morgan fingerprint density at radius 1 is 1.37 bits per heavy atom. The van der Waals surface area contributed by atoms with Crippen molar-refractivity contribution in [2.24, 2.45) is 18.9 Å². The molecule has 2 amide bonds. The molecule has 0 aliphatic carbocycles. The first-order valence-corrected chi connectivity index (χ1v) is 9.11. The van der Waals surface area contributed by atoms with E-state index in [4.69, 9.17) is 4.74 Å². The molecule has 2 saturated heterocycles. The number of hydrogen-bond donors (Lipinski definition) is 1. The average molecular weight is 387 g/mol. The van der Waals surface area contributed by atoms with Crippen molar-refractivity contribution in [3.8, 4) is 0 Å². The van der Waals surface area contributed by atoms with Gasteiger partial charge in [-0.05, 0) is 25.3 Å². The third-order valence-electron chi connectivity index (χ3n) is 5.21. The van der Waals surface area contributed by atoms with Crippen molar-refractivity contribution < 1.29 is 27.5 Å². The summed E-state index contributed by atoms with van der Waals surface area (Å²) >= 11 is 0. The molecule has 1 aromatic rings. The van der Waals surface area contributed by atoms with Gasteiger partial charge >= 0.3 is 6.18 Å². The Labute approximate surface area is 155 Å². The van der Waals surface area contributed by atoms with E-state index in [9.17, 15) is 22.8 Å². The lowest BCUT2D eigenvalue weighted by Gasteiger charge is -2.35. The smallest absolute Gasteiger partial charge is 0.376 e. The summed E-state index contributed by atoms with van der Waals surface area (Å²) in [6.45, 7) is 0.534. The number of piperidine rings is 1. The molecule has 1 aromatic heterocycles. The summed E-state index contributed by atoms with van der Waals surface area (Å²) in [5, 5.41) is 2.77. The number of rotatable bonds is 4. The Kier molecular flexibility index (Phi) is 5.78. The predicted molar refractivity (Wildman–Crippen MR) is 91.0 cm³/mol. The fraction of sp³-hybridized carbons (Fsp3) is 0.667. The third-order valence-corrected chi connectivity index (χ3v) is 5.21. The standard InChI is InChI=1S/C18H24F3N3O3/c1-23-6-4-12(9-23)16(25)22-8-15-7-13(11-27-15)17(26)24-5-2-3-14(10-24)18(19,20)21/h4,6,9,13-15H,2-3,5,7-8,10-11H2,1H3,(H,22,25)/t13-,14?,15-/m0/s1. The van der Waals surface area contributed by atoms with Gasteiger partial charge < -0.3 is 19.5 Å². The Hall–Kier alpha value is -2.03. The van der Waals surface area contributed by atoms with Crippen molar-refractivity contribution in [1.82, 2.24) is 14.8 Å². The van der Waals surface area contributed by atoms with Crippen LogP contribution in [0.25, 0.3) is 0 Å². The van der Waals surface area contributed by atoms with Gasteiger partial charge in [0.05, 0.1) is 30.1 Å². The van der Waals surface area contributed by atoms with Crippen LogP contribution in [0, 0.1) is 11.8 Å². The number of alkyl halides is 3. The minimum Gasteiger partial charge on any atom is -0.376 e. The van der Waals surface area contributed by atoms with Gasteiger partial charge in [0.15, 0.2) is 0 Å². The van der Waals surface area contributed by atoms with E-state index < -0.39 is 18.0 Å². The zero-order chi connectivity index (χ0) is 19.6. The molecule has 2 aliphatic rings. The van der Waals surface area contributed by atoms with Gasteiger partial charge in [0.25, 0.3) is 5.91 Å². The molecule has 0 radical (unpaired) electrons. The monoisotopic (exact) mass is 387 g/mol. The summed E-state index contributed by atoms with van der Waals surface area (Å²) in [5.41, 5.74) is 0.537. The Balaban J connectivity index is 1.47. The molecular formula is C18H24F3N3O3. The number of aryl methyl sites for hydroxylation is 1. The molecule has 6 nitrogen and oxygen atoms in total. The first-order valence-electron chi connectivity index (χ1n) is 9.11. The molecule has 9 heteroatoms. The van der Waals surface area contributed by atoms with Gasteiger partial charge in [0.1, 0.15) is 0 Å². The zero-order valence-electron chi connectivity index (χ0n) is 15.2. The molecule has 3 atom stereocenters. The van der Waals surface area contributed by atoms with E-state index >= 15 is 0 Å². The van der Waals surface area contributed by atoms with E-state index in [0.29, 0.717) is 24.9 Å². The highest BCUT2D eigenvalue weighted by Crippen LogP contribution is 2.34. The van der Waals surface area contributed by atoms with Gasteiger partial charge in [-0.1, -0.05) is 0 Å². The number of halogens is 3. The first kappa shape index (κ1) is 19.7. The highest BCUT2D eigenvalue weighted by Gasteiger charge is 2.44. The van der Waals surface area contributed by atoms with Gasteiger partial charge in [-0.15, -0.1) is 0 Å². The van der Waals surface area contributed by atoms with Crippen LogP contribution in [0.2, 0.25) is 0 Å². The summed E-state index contributed by atoms with van der Waals surface area (Å²) in [4.78, 5) is 25.9. The molecule has 2 fully saturated rings. The van der Waals surface area contributed by atoms with Gasteiger partial charge in [-0.3, -0.25) is 9.59 Å². The molecule has 1 unspecified atom stereocenters. The van der Waals surface area contributed by atoms with Crippen molar-refractivity contribution in [2.45, 2.75) is 31.5 Å². The molecule has 0 aromatic carbocycles. The molecular weight excluding hydrogens is 363 g/mol. The number of nitrogens with one attached hydrogen (secondary N) is 1. The maximum Gasteiger partial charge on any atom is 0.393 e. The zero-order valence-corrected chi connectivity index (χ0v) is 15.2. The lowest BCUT2D eigenvalue weighted by atomic mass is 9.95. The van der Waals surface area contributed by atoms with E-state index in [-0.39, 0.29) is 44.0 Å². The largest absolute Gasteiger partial charge is 0.393 e. The minimum atomic E-state index is -4.27. The quantitative estimate of drug-likeness (QED) is 0.859.